The topological polar surface area (TPSA) is 18.5 Å². The molecule has 138 valence electrons. The predicted octanol–water partition coefficient (Wildman–Crippen LogP) is 6.87. The number of hydrogen-bond donors (Lipinski definition) is 0. The largest absolute Gasteiger partial charge is 0.497 e. The molecule has 0 N–H and O–H groups in total. The lowest BCUT2D eigenvalue weighted by atomic mass is 9.81. The van der Waals surface area contributed by atoms with Crippen LogP contribution in [0.2, 0.25) is 0 Å². The van der Waals surface area contributed by atoms with Gasteiger partial charge < -0.3 is 9.47 Å². The van der Waals surface area contributed by atoms with Gasteiger partial charge >= 0.3 is 0 Å². The molecule has 0 fully saturated rings. The van der Waals surface area contributed by atoms with Gasteiger partial charge in [0.05, 0.1) is 7.11 Å². The fourth-order valence-electron chi connectivity index (χ4n) is 2.96. The molecule has 0 atom stereocenters. The SMILES string of the molecule is COc1ccc(C(C)(C)CC=Cc2cccc(Oc3ccccc3)c2)cc1. The summed E-state index contributed by atoms with van der Waals surface area (Å²) >= 11 is 0. The van der Waals surface area contributed by atoms with Gasteiger partial charge in [0.2, 0.25) is 0 Å². The second-order valence-electron chi connectivity index (χ2n) is 7.21. The van der Waals surface area contributed by atoms with Crippen molar-refractivity contribution < 1.29 is 9.47 Å². The quantitative estimate of drug-likeness (QED) is 0.459. The van der Waals surface area contributed by atoms with Gasteiger partial charge in [0.1, 0.15) is 17.2 Å². The summed E-state index contributed by atoms with van der Waals surface area (Å²) in [4.78, 5) is 0. The minimum absolute atomic E-state index is 0.0565. The highest BCUT2D eigenvalue weighted by atomic mass is 16.5. The van der Waals surface area contributed by atoms with Crippen molar-refractivity contribution in [2.45, 2.75) is 25.7 Å². The van der Waals surface area contributed by atoms with Gasteiger partial charge in [0.25, 0.3) is 0 Å². The van der Waals surface area contributed by atoms with E-state index in [1.165, 1.54) is 5.56 Å². The Bertz CT molecular complexity index is 878. The maximum absolute atomic E-state index is 5.91. The molecule has 0 radical (unpaired) electrons. The minimum atomic E-state index is 0.0565. The van der Waals surface area contributed by atoms with Crippen LogP contribution in [-0.2, 0) is 5.41 Å². The summed E-state index contributed by atoms with van der Waals surface area (Å²) in [6.45, 7) is 4.52. The molecule has 0 amide bonds. The number of allylic oxidation sites excluding steroid dienone is 1. The van der Waals surface area contributed by atoms with E-state index in [1.54, 1.807) is 7.11 Å². The van der Waals surface area contributed by atoms with E-state index >= 15 is 0 Å². The molecule has 0 bridgehead atoms. The van der Waals surface area contributed by atoms with E-state index in [-0.39, 0.29) is 5.41 Å². The van der Waals surface area contributed by atoms with Crippen LogP contribution in [0.25, 0.3) is 6.08 Å². The normalized spacial score (nSPS) is 11.5. The molecule has 3 aromatic rings. The van der Waals surface area contributed by atoms with Crippen molar-refractivity contribution in [3.05, 3.63) is 96.1 Å². The first-order valence-corrected chi connectivity index (χ1v) is 9.21. The second-order valence-corrected chi connectivity index (χ2v) is 7.21. The van der Waals surface area contributed by atoms with E-state index in [9.17, 15) is 0 Å². The first-order chi connectivity index (χ1) is 13.1. The van der Waals surface area contributed by atoms with Gasteiger partial charge in [0, 0.05) is 0 Å². The van der Waals surface area contributed by atoms with Gasteiger partial charge in [-0.3, -0.25) is 0 Å². The third kappa shape index (κ3) is 5.24. The average Bonchev–Trinajstić information content (AvgIpc) is 2.69. The van der Waals surface area contributed by atoms with Crippen molar-refractivity contribution in [1.82, 2.24) is 0 Å². The number of ether oxygens (including phenoxy) is 2. The number of methoxy groups -OCH3 is 1. The molecule has 2 nitrogen and oxygen atoms in total. The number of rotatable bonds is 7. The first kappa shape index (κ1) is 18.8. The molecule has 0 saturated carbocycles. The summed E-state index contributed by atoms with van der Waals surface area (Å²) in [5.41, 5.74) is 2.49. The van der Waals surface area contributed by atoms with E-state index in [2.05, 4.69) is 50.3 Å². The molecular formula is C25H26O2. The zero-order chi connectivity index (χ0) is 19.1. The second kappa shape index (κ2) is 8.59. The highest BCUT2D eigenvalue weighted by Gasteiger charge is 2.18. The first-order valence-electron chi connectivity index (χ1n) is 9.21. The van der Waals surface area contributed by atoms with Gasteiger partial charge in [-0.2, -0.15) is 0 Å². The smallest absolute Gasteiger partial charge is 0.128 e. The van der Waals surface area contributed by atoms with Crippen LogP contribution >= 0.6 is 0 Å². The molecule has 0 spiro atoms. The maximum atomic E-state index is 5.91. The lowest BCUT2D eigenvalue weighted by Gasteiger charge is -2.23. The Morgan fingerprint density at radius 2 is 1.48 bits per heavy atom. The van der Waals surface area contributed by atoms with Crippen molar-refractivity contribution in [2.75, 3.05) is 7.11 Å². The summed E-state index contributed by atoms with van der Waals surface area (Å²) in [6.07, 6.45) is 5.33. The van der Waals surface area contributed by atoms with Crippen LogP contribution in [0.5, 0.6) is 17.2 Å². The molecule has 3 aromatic carbocycles. The van der Waals surface area contributed by atoms with E-state index in [0.29, 0.717) is 0 Å². The molecule has 0 aliphatic rings. The van der Waals surface area contributed by atoms with E-state index in [0.717, 1.165) is 29.2 Å². The number of benzene rings is 3. The predicted molar refractivity (Wildman–Crippen MR) is 113 cm³/mol. The van der Waals surface area contributed by atoms with Crippen molar-refractivity contribution in [3.63, 3.8) is 0 Å². The molecule has 0 saturated heterocycles. The molecule has 0 aliphatic carbocycles. The summed E-state index contributed by atoms with van der Waals surface area (Å²) in [5, 5.41) is 0. The summed E-state index contributed by atoms with van der Waals surface area (Å²) in [5.74, 6) is 2.58. The lowest BCUT2D eigenvalue weighted by Crippen LogP contribution is -2.15. The van der Waals surface area contributed by atoms with E-state index < -0.39 is 0 Å². The number of para-hydroxylation sites is 1. The Hall–Kier alpha value is -3.00. The monoisotopic (exact) mass is 358 g/mol. The molecule has 3 rings (SSSR count). The Morgan fingerprint density at radius 3 is 2.19 bits per heavy atom. The van der Waals surface area contributed by atoms with E-state index in [1.807, 2.05) is 54.6 Å². The Balaban J connectivity index is 1.65. The zero-order valence-corrected chi connectivity index (χ0v) is 16.2. The van der Waals surface area contributed by atoms with Crippen LogP contribution < -0.4 is 9.47 Å². The van der Waals surface area contributed by atoms with Crippen LogP contribution in [0.1, 0.15) is 31.4 Å². The van der Waals surface area contributed by atoms with Gasteiger partial charge in [0.15, 0.2) is 0 Å². The molecule has 2 heteroatoms. The average molecular weight is 358 g/mol. The third-order valence-corrected chi connectivity index (χ3v) is 4.65. The lowest BCUT2D eigenvalue weighted by molar-refractivity contribution is 0.414. The Morgan fingerprint density at radius 1 is 0.778 bits per heavy atom. The van der Waals surface area contributed by atoms with Crippen molar-refractivity contribution in [3.8, 4) is 17.2 Å². The van der Waals surface area contributed by atoms with Crippen molar-refractivity contribution in [2.24, 2.45) is 0 Å². The van der Waals surface area contributed by atoms with Gasteiger partial charge in [-0.15, -0.1) is 0 Å². The Kier molecular flexibility index (Phi) is 5.97. The molecular weight excluding hydrogens is 332 g/mol. The molecule has 0 aliphatic heterocycles. The summed E-state index contributed by atoms with van der Waals surface area (Å²) < 4.78 is 11.2. The summed E-state index contributed by atoms with van der Waals surface area (Å²) in [6, 6.07) is 26.3. The van der Waals surface area contributed by atoms with Crippen LogP contribution in [0.3, 0.4) is 0 Å². The van der Waals surface area contributed by atoms with Crippen LogP contribution in [-0.4, -0.2) is 7.11 Å². The van der Waals surface area contributed by atoms with Crippen LogP contribution in [0.4, 0.5) is 0 Å². The fraction of sp³-hybridized carbons (Fsp3) is 0.200. The highest BCUT2D eigenvalue weighted by Crippen LogP contribution is 2.29. The van der Waals surface area contributed by atoms with E-state index in [4.69, 9.17) is 9.47 Å². The Labute approximate surface area is 162 Å². The van der Waals surface area contributed by atoms with Gasteiger partial charge in [-0.1, -0.05) is 68.5 Å². The summed E-state index contributed by atoms with van der Waals surface area (Å²) in [7, 11) is 1.69. The van der Waals surface area contributed by atoms with Crippen LogP contribution in [0.15, 0.2) is 84.9 Å². The third-order valence-electron chi connectivity index (χ3n) is 4.65. The van der Waals surface area contributed by atoms with Crippen LogP contribution in [0, 0.1) is 0 Å². The number of hydrogen-bond acceptors (Lipinski definition) is 2. The van der Waals surface area contributed by atoms with Crippen molar-refractivity contribution in [1.29, 1.82) is 0 Å². The molecule has 0 unspecified atom stereocenters. The maximum Gasteiger partial charge on any atom is 0.128 e. The van der Waals surface area contributed by atoms with Crippen molar-refractivity contribution >= 4 is 6.08 Å². The standard InChI is InChI=1S/C25H26O2/c1-25(2,21-14-16-22(26-3)17-15-21)18-8-10-20-9-7-13-24(19-20)27-23-11-5-4-6-12-23/h4-17,19H,18H2,1-3H3. The van der Waals surface area contributed by atoms with Gasteiger partial charge in [-0.25, -0.2) is 0 Å². The molecule has 0 aromatic heterocycles. The molecule has 0 heterocycles. The molecule has 27 heavy (non-hydrogen) atoms. The zero-order valence-electron chi connectivity index (χ0n) is 16.2. The highest BCUT2D eigenvalue weighted by molar-refractivity contribution is 5.52. The minimum Gasteiger partial charge on any atom is -0.497 e. The van der Waals surface area contributed by atoms with Gasteiger partial charge in [-0.05, 0) is 59.4 Å². The fourth-order valence-corrected chi connectivity index (χ4v) is 2.96.